The van der Waals surface area contributed by atoms with E-state index < -0.39 is 0 Å². The van der Waals surface area contributed by atoms with Crippen LogP contribution in [0.15, 0.2) is 83.6 Å². The molecule has 0 aliphatic carbocycles. The Morgan fingerprint density at radius 1 is 0.935 bits per heavy atom. The number of fused-ring (bicyclic) bond motifs is 1. The maximum atomic E-state index is 12.7. The molecule has 0 saturated heterocycles. The standard InChI is InChI=1S/C26H25N3OS/c1-5-31-28-19-13-14-24(27-25-17(2)9-8-10-18(25)3)22(15-19)23-16-29(4)26(30)21-12-7-6-11-20(21)23/h5-16,27-28H,1H2,2-4H3. The largest absolute Gasteiger partial charge is 0.355 e. The van der Waals surface area contributed by atoms with Gasteiger partial charge in [0.2, 0.25) is 0 Å². The number of hydrogen-bond donors (Lipinski definition) is 2. The first-order valence-electron chi connectivity index (χ1n) is 10.1. The van der Waals surface area contributed by atoms with Crippen molar-refractivity contribution in [2.24, 2.45) is 7.05 Å². The lowest BCUT2D eigenvalue weighted by Gasteiger charge is -2.19. The third-order valence-corrected chi connectivity index (χ3v) is 5.92. The summed E-state index contributed by atoms with van der Waals surface area (Å²) in [5.74, 6) is 0. The molecule has 4 aromatic rings. The van der Waals surface area contributed by atoms with Gasteiger partial charge in [0, 0.05) is 46.8 Å². The molecule has 0 saturated carbocycles. The van der Waals surface area contributed by atoms with Crippen molar-refractivity contribution in [3.8, 4) is 11.1 Å². The lowest BCUT2D eigenvalue weighted by Crippen LogP contribution is -2.16. The maximum absolute atomic E-state index is 12.7. The molecule has 1 aromatic heterocycles. The molecule has 2 N–H and O–H groups in total. The number of nitrogens with one attached hydrogen (secondary N) is 2. The van der Waals surface area contributed by atoms with Crippen LogP contribution in [0.3, 0.4) is 0 Å². The Bertz CT molecular complexity index is 1320. The molecule has 1 heterocycles. The van der Waals surface area contributed by atoms with Crippen LogP contribution in [-0.4, -0.2) is 4.57 Å². The molecule has 31 heavy (non-hydrogen) atoms. The van der Waals surface area contributed by atoms with Gasteiger partial charge in [0.1, 0.15) is 0 Å². The number of aromatic nitrogens is 1. The molecular formula is C26H25N3OS. The Morgan fingerprint density at radius 2 is 1.65 bits per heavy atom. The zero-order chi connectivity index (χ0) is 22.0. The van der Waals surface area contributed by atoms with Gasteiger partial charge in [-0.05, 0) is 72.0 Å². The van der Waals surface area contributed by atoms with Crippen molar-refractivity contribution in [3.05, 3.63) is 100 Å². The Hall–Kier alpha value is -3.44. The van der Waals surface area contributed by atoms with E-state index in [1.165, 1.54) is 23.1 Å². The minimum atomic E-state index is 0.0000926. The fraction of sp³-hybridized carbons (Fsp3) is 0.115. The second kappa shape index (κ2) is 8.74. The second-order valence-electron chi connectivity index (χ2n) is 7.54. The van der Waals surface area contributed by atoms with Crippen molar-refractivity contribution in [1.29, 1.82) is 0 Å². The number of aryl methyl sites for hydroxylation is 3. The highest BCUT2D eigenvalue weighted by atomic mass is 32.2. The third-order valence-electron chi connectivity index (χ3n) is 5.40. The van der Waals surface area contributed by atoms with Crippen molar-refractivity contribution in [3.63, 3.8) is 0 Å². The van der Waals surface area contributed by atoms with E-state index in [1.807, 2.05) is 36.5 Å². The minimum absolute atomic E-state index is 0.0000926. The van der Waals surface area contributed by atoms with E-state index in [9.17, 15) is 4.79 Å². The van der Waals surface area contributed by atoms with Gasteiger partial charge in [-0.1, -0.05) is 43.0 Å². The molecule has 0 bridgehead atoms. The fourth-order valence-corrected chi connectivity index (χ4v) is 4.17. The van der Waals surface area contributed by atoms with Gasteiger partial charge < -0.3 is 14.6 Å². The fourth-order valence-electron chi connectivity index (χ4n) is 3.83. The molecule has 0 amide bonds. The minimum Gasteiger partial charge on any atom is -0.355 e. The summed E-state index contributed by atoms with van der Waals surface area (Å²) in [7, 11) is 1.80. The molecule has 4 rings (SSSR count). The summed E-state index contributed by atoms with van der Waals surface area (Å²) in [5.41, 5.74) is 7.42. The van der Waals surface area contributed by atoms with Gasteiger partial charge in [-0.15, -0.1) is 0 Å². The zero-order valence-electron chi connectivity index (χ0n) is 17.9. The monoisotopic (exact) mass is 427 g/mol. The van der Waals surface area contributed by atoms with E-state index in [4.69, 9.17) is 0 Å². The van der Waals surface area contributed by atoms with Gasteiger partial charge in [-0.25, -0.2) is 0 Å². The zero-order valence-corrected chi connectivity index (χ0v) is 18.7. The summed E-state index contributed by atoms with van der Waals surface area (Å²) in [4.78, 5) is 12.7. The molecule has 0 fully saturated rings. The number of benzene rings is 3. The van der Waals surface area contributed by atoms with Crippen LogP contribution >= 0.6 is 11.9 Å². The van der Waals surface area contributed by atoms with Gasteiger partial charge in [0.25, 0.3) is 5.56 Å². The molecule has 156 valence electrons. The van der Waals surface area contributed by atoms with E-state index in [0.29, 0.717) is 5.39 Å². The first-order chi connectivity index (χ1) is 15.0. The maximum Gasteiger partial charge on any atom is 0.258 e. The molecule has 0 aliphatic rings. The van der Waals surface area contributed by atoms with Crippen LogP contribution in [0.5, 0.6) is 0 Å². The summed E-state index contributed by atoms with van der Waals surface area (Å²) in [6.45, 7) is 7.97. The topological polar surface area (TPSA) is 46.1 Å². The Morgan fingerprint density at radius 3 is 2.35 bits per heavy atom. The van der Waals surface area contributed by atoms with Crippen molar-refractivity contribution in [2.45, 2.75) is 13.8 Å². The Kier molecular flexibility index (Phi) is 5.87. The average molecular weight is 428 g/mol. The first kappa shape index (κ1) is 20.8. The van der Waals surface area contributed by atoms with Crippen LogP contribution in [0.1, 0.15) is 11.1 Å². The van der Waals surface area contributed by atoms with Crippen LogP contribution < -0.4 is 15.6 Å². The van der Waals surface area contributed by atoms with Crippen LogP contribution in [-0.2, 0) is 7.05 Å². The number of anilines is 3. The highest BCUT2D eigenvalue weighted by Crippen LogP contribution is 2.37. The average Bonchev–Trinajstić information content (AvgIpc) is 2.78. The van der Waals surface area contributed by atoms with Crippen LogP contribution in [0.25, 0.3) is 21.9 Å². The van der Waals surface area contributed by atoms with Gasteiger partial charge in [-0.3, -0.25) is 4.79 Å². The molecule has 0 aliphatic heterocycles. The molecule has 0 atom stereocenters. The molecule has 0 radical (unpaired) electrons. The molecule has 0 spiro atoms. The first-order valence-corrected chi connectivity index (χ1v) is 11.0. The molecular weight excluding hydrogens is 402 g/mol. The number of pyridine rings is 1. The summed E-state index contributed by atoms with van der Waals surface area (Å²) < 4.78 is 4.95. The van der Waals surface area contributed by atoms with Crippen LogP contribution in [0, 0.1) is 13.8 Å². The molecule has 4 nitrogen and oxygen atoms in total. The van der Waals surface area contributed by atoms with Gasteiger partial charge >= 0.3 is 0 Å². The van der Waals surface area contributed by atoms with E-state index >= 15 is 0 Å². The van der Waals surface area contributed by atoms with Crippen LogP contribution in [0.2, 0.25) is 0 Å². The van der Waals surface area contributed by atoms with Crippen molar-refractivity contribution in [1.82, 2.24) is 4.57 Å². The van der Waals surface area contributed by atoms with Crippen molar-refractivity contribution >= 4 is 39.8 Å². The number of rotatable bonds is 6. The van der Waals surface area contributed by atoms with E-state index in [2.05, 4.69) is 60.8 Å². The van der Waals surface area contributed by atoms with E-state index in [-0.39, 0.29) is 5.56 Å². The number of nitrogens with zero attached hydrogens (tertiary/aromatic N) is 1. The SMILES string of the molecule is C=CSNc1ccc(Nc2c(C)cccc2C)c(-c2cn(C)c(=O)c3ccccc23)c1. The van der Waals surface area contributed by atoms with Crippen molar-refractivity contribution < 1.29 is 0 Å². The summed E-state index contributed by atoms with van der Waals surface area (Å²) in [6, 6.07) is 20.3. The Labute approximate surface area is 186 Å². The number of hydrogen-bond acceptors (Lipinski definition) is 4. The summed E-state index contributed by atoms with van der Waals surface area (Å²) >= 11 is 1.43. The second-order valence-corrected chi connectivity index (χ2v) is 8.32. The van der Waals surface area contributed by atoms with Gasteiger partial charge in [0.05, 0.1) is 0 Å². The normalized spacial score (nSPS) is 10.8. The van der Waals surface area contributed by atoms with E-state index in [1.54, 1.807) is 17.0 Å². The summed E-state index contributed by atoms with van der Waals surface area (Å²) in [5, 5.41) is 7.04. The quantitative estimate of drug-likeness (QED) is 0.333. The molecule has 0 unspecified atom stereocenters. The number of para-hydroxylation sites is 1. The van der Waals surface area contributed by atoms with Gasteiger partial charge in [0.15, 0.2) is 0 Å². The Balaban J connectivity index is 1.96. The van der Waals surface area contributed by atoms with Gasteiger partial charge in [-0.2, -0.15) is 0 Å². The van der Waals surface area contributed by atoms with Crippen LogP contribution in [0.4, 0.5) is 17.1 Å². The highest BCUT2D eigenvalue weighted by molar-refractivity contribution is 8.03. The smallest absolute Gasteiger partial charge is 0.258 e. The molecule has 5 heteroatoms. The predicted octanol–water partition coefficient (Wildman–Crippen LogP) is 6.77. The third kappa shape index (κ3) is 4.09. The van der Waals surface area contributed by atoms with E-state index in [0.717, 1.165) is 33.6 Å². The molecule has 3 aromatic carbocycles. The highest BCUT2D eigenvalue weighted by Gasteiger charge is 2.14. The summed E-state index contributed by atoms with van der Waals surface area (Å²) in [6.07, 6.45) is 1.92. The lowest BCUT2D eigenvalue weighted by atomic mass is 9.98. The van der Waals surface area contributed by atoms with Crippen molar-refractivity contribution in [2.75, 3.05) is 10.0 Å². The predicted molar refractivity (Wildman–Crippen MR) is 135 cm³/mol. The lowest BCUT2D eigenvalue weighted by molar-refractivity contribution is 0.875.